The second-order valence-electron chi connectivity index (χ2n) is 4.51. The summed E-state index contributed by atoms with van der Waals surface area (Å²) in [6, 6.07) is 19.2. The Morgan fingerprint density at radius 2 is 1.60 bits per heavy atom. The number of hydrogen-bond acceptors (Lipinski definition) is 1. The maximum Gasteiger partial charge on any atom is 0.263 e. The number of halogens is 1. The molecule has 1 amide bonds. The number of amides is 1. The zero-order valence-corrected chi connectivity index (χ0v) is 12.0. The Hall–Kier alpha value is -2.06. The van der Waals surface area contributed by atoms with Crippen molar-refractivity contribution in [3.63, 3.8) is 0 Å². The normalized spacial score (nSPS) is 12.8. The second-order valence-corrected chi connectivity index (χ2v) is 4.92. The summed E-state index contributed by atoms with van der Waals surface area (Å²) in [6.07, 6.45) is 1.66. The maximum absolute atomic E-state index is 12.0. The molecule has 2 aromatic rings. The molecule has 0 saturated carbocycles. The van der Waals surface area contributed by atoms with Gasteiger partial charge in [-0.2, -0.15) is 0 Å². The van der Waals surface area contributed by atoms with Gasteiger partial charge in [-0.15, -0.1) is 0 Å². The van der Waals surface area contributed by atoms with Crippen LogP contribution in [0.1, 0.15) is 24.1 Å². The van der Waals surface area contributed by atoms with Gasteiger partial charge < -0.3 is 5.32 Å². The van der Waals surface area contributed by atoms with Crippen molar-refractivity contribution in [2.24, 2.45) is 0 Å². The molecule has 0 aliphatic heterocycles. The fraction of sp³-hybridized carbons (Fsp3) is 0.118. The Bertz CT molecular complexity index is 593. The summed E-state index contributed by atoms with van der Waals surface area (Å²) >= 11 is 6.05. The van der Waals surface area contributed by atoms with Crippen molar-refractivity contribution < 1.29 is 4.79 Å². The highest BCUT2D eigenvalue weighted by Gasteiger charge is 2.11. The van der Waals surface area contributed by atoms with Gasteiger partial charge in [0.1, 0.15) is 5.03 Å². The minimum atomic E-state index is -0.271. The van der Waals surface area contributed by atoms with Gasteiger partial charge in [0.15, 0.2) is 0 Å². The number of carbonyl (C=O) groups is 1. The largest absolute Gasteiger partial charge is 0.345 e. The van der Waals surface area contributed by atoms with Crippen LogP contribution in [0.4, 0.5) is 0 Å². The van der Waals surface area contributed by atoms with Crippen LogP contribution in [0.15, 0.2) is 65.7 Å². The first-order valence-corrected chi connectivity index (χ1v) is 6.82. The first kappa shape index (κ1) is 14.4. The Balaban J connectivity index is 2.03. The SMILES string of the molecule is CC(NC(=O)/C(Cl)=C/c1ccccc1)c1ccccc1. The van der Waals surface area contributed by atoms with Gasteiger partial charge in [0, 0.05) is 0 Å². The van der Waals surface area contributed by atoms with Crippen LogP contribution < -0.4 is 5.32 Å². The molecule has 0 bridgehead atoms. The predicted molar refractivity (Wildman–Crippen MR) is 83.3 cm³/mol. The molecular weight excluding hydrogens is 270 g/mol. The third-order valence-electron chi connectivity index (χ3n) is 2.96. The second kappa shape index (κ2) is 6.92. The van der Waals surface area contributed by atoms with Crippen molar-refractivity contribution >= 4 is 23.6 Å². The molecule has 2 nitrogen and oxygen atoms in total. The highest BCUT2D eigenvalue weighted by molar-refractivity contribution is 6.44. The number of hydrogen-bond donors (Lipinski definition) is 1. The fourth-order valence-corrected chi connectivity index (χ4v) is 2.03. The van der Waals surface area contributed by atoms with Crippen LogP contribution in [0, 0.1) is 0 Å². The lowest BCUT2D eigenvalue weighted by Crippen LogP contribution is -2.26. The molecule has 0 fully saturated rings. The van der Waals surface area contributed by atoms with Crippen molar-refractivity contribution in [2.45, 2.75) is 13.0 Å². The highest BCUT2D eigenvalue weighted by atomic mass is 35.5. The van der Waals surface area contributed by atoms with E-state index in [1.165, 1.54) is 0 Å². The molecule has 0 heterocycles. The smallest absolute Gasteiger partial charge is 0.263 e. The molecule has 2 rings (SSSR count). The van der Waals surface area contributed by atoms with E-state index in [0.717, 1.165) is 11.1 Å². The van der Waals surface area contributed by atoms with Crippen molar-refractivity contribution in [1.29, 1.82) is 0 Å². The van der Waals surface area contributed by atoms with Gasteiger partial charge in [-0.1, -0.05) is 72.3 Å². The van der Waals surface area contributed by atoms with E-state index in [2.05, 4.69) is 5.32 Å². The van der Waals surface area contributed by atoms with E-state index in [-0.39, 0.29) is 17.0 Å². The summed E-state index contributed by atoms with van der Waals surface area (Å²) in [5.41, 5.74) is 1.95. The lowest BCUT2D eigenvalue weighted by atomic mass is 10.1. The topological polar surface area (TPSA) is 29.1 Å². The molecule has 102 valence electrons. The highest BCUT2D eigenvalue weighted by Crippen LogP contribution is 2.15. The van der Waals surface area contributed by atoms with Crippen molar-refractivity contribution in [2.75, 3.05) is 0 Å². The Labute approximate surface area is 124 Å². The van der Waals surface area contributed by atoms with Crippen LogP contribution in [0.2, 0.25) is 0 Å². The average Bonchev–Trinajstić information content (AvgIpc) is 2.49. The van der Waals surface area contributed by atoms with E-state index in [9.17, 15) is 4.79 Å². The van der Waals surface area contributed by atoms with Crippen molar-refractivity contribution in [3.05, 3.63) is 76.8 Å². The first-order chi connectivity index (χ1) is 9.66. The summed E-state index contributed by atoms with van der Waals surface area (Å²) in [5.74, 6) is -0.271. The van der Waals surface area contributed by atoms with Crippen LogP contribution in [-0.2, 0) is 4.79 Å². The monoisotopic (exact) mass is 285 g/mol. The summed E-state index contributed by atoms with van der Waals surface area (Å²) in [6.45, 7) is 1.93. The van der Waals surface area contributed by atoms with Gasteiger partial charge in [-0.05, 0) is 24.1 Å². The molecule has 0 spiro atoms. The van der Waals surface area contributed by atoms with E-state index in [0.29, 0.717) is 0 Å². The molecule has 0 saturated heterocycles. The number of rotatable bonds is 4. The molecule has 0 radical (unpaired) electrons. The predicted octanol–water partition coefficient (Wildman–Crippen LogP) is 4.14. The minimum absolute atomic E-state index is 0.0818. The van der Waals surface area contributed by atoms with Gasteiger partial charge in [-0.3, -0.25) is 4.79 Å². The molecule has 0 aliphatic rings. The van der Waals surface area contributed by atoms with Crippen LogP contribution in [0.5, 0.6) is 0 Å². The van der Waals surface area contributed by atoms with Crippen molar-refractivity contribution in [1.82, 2.24) is 5.32 Å². The van der Waals surface area contributed by atoms with Gasteiger partial charge in [0.25, 0.3) is 5.91 Å². The first-order valence-electron chi connectivity index (χ1n) is 6.45. The van der Waals surface area contributed by atoms with Gasteiger partial charge in [0.05, 0.1) is 6.04 Å². The standard InChI is InChI=1S/C17H16ClNO/c1-13(15-10-6-3-7-11-15)19-17(20)16(18)12-14-8-4-2-5-9-14/h2-13H,1H3,(H,19,20)/b16-12-. The van der Waals surface area contributed by atoms with Gasteiger partial charge in [0.2, 0.25) is 0 Å². The lowest BCUT2D eigenvalue weighted by Gasteiger charge is -2.13. The van der Waals surface area contributed by atoms with E-state index in [1.807, 2.05) is 67.6 Å². The fourth-order valence-electron chi connectivity index (χ4n) is 1.85. The molecule has 20 heavy (non-hydrogen) atoms. The van der Waals surface area contributed by atoms with Crippen LogP contribution in [0.25, 0.3) is 6.08 Å². The number of benzene rings is 2. The molecule has 1 N–H and O–H groups in total. The third kappa shape index (κ3) is 3.97. The lowest BCUT2D eigenvalue weighted by molar-refractivity contribution is -0.117. The summed E-state index contributed by atoms with van der Waals surface area (Å²) < 4.78 is 0. The molecule has 0 aromatic heterocycles. The quantitative estimate of drug-likeness (QED) is 0.840. The number of nitrogens with one attached hydrogen (secondary N) is 1. The summed E-state index contributed by atoms with van der Waals surface area (Å²) in [4.78, 5) is 12.0. The zero-order chi connectivity index (χ0) is 14.4. The molecule has 1 atom stereocenters. The third-order valence-corrected chi connectivity index (χ3v) is 3.24. The Morgan fingerprint density at radius 3 is 2.20 bits per heavy atom. The van der Waals surface area contributed by atoms with E-state index in [1.54, 1.807) is 6.08 Å². The van der Waals surface area contributed by atoms with Crippen molar-refractivity contribution in [3.8, 4) is 0 Å². The zero-order valence-electron chi connectivity index (χ0n) is 11.2. The van der Waals surface area contributed by atoms with Gasteiger partial charge in [-0.25, -0.2) is 0 Å². The van der Waals surface area contributed by atoms with Gasteiger partial charge >= 0.3 is 0 Å². The van der Waals surface area contributed by atoms with E-state index >= 15 is 0 Å². The Morgan fingerprint density at radius 1 is 1.05 bits per heavy atom. The molecule has 1 unspecified atom stereocenters. The average molecular weight is 286 g/mol. The maximum atomic E-state index is 12.0. The number of carbonyl (C=O) groups excluding carboxylic acids is 1. The summed E-state index contributed by atoms with van der Waals surface area (Å²) in [7, 11) is 0. The Kier molecular flexibility index (Phi) is 4.97. The van der Waals surface area contributed by atoms with Crippen LogP contribution >= 0.6 is 11.6 Å². The molecule has 2 aromatic carbocycles. The van der Waals surface area contributed by atoms with Crippen LogP contribution in [0.3, 0.4) is 0 Å². The summed E-state index contributed by atoms with van der Waals surface area (Å²) in [5, 5.41) is 3.06. The van der Waals surface area contributed by atoms with E-state index in [4.69, 9.17) is 11.6 Å². The molecule has 3 heteroatoms. The van der Waals surface area contributed by atoms with E-state index < -0.39 is 0 Å². The van der Waals surface area contributed by atoms with Crippen LogP contribution in [-0.4, -0.2) is 5.91 Å². The molecular formula is C17H16ClNO. The molecule has 0 aliphatic carbocycles. The minimum Gasteiger partial charge on any atom is -0.345 e.